The van der Waals surface area contributed by atoms with Gasteiger partial charge in [0.1, 0.15) is 2.91 Å². The maximum Gasteiger partial charge on any atom is 0.212 e. The number of sulfone groups is 1. The van der Waals surface area contributed by atoms with Gasteiger partial charge in [0.15, 0.2) is 0 Å². The third-order valence-corrected chi connectivity index (χ3v) is 8.15. The van der Waals surface area contributed by atoms with Crippen molar-refractivity contribution in [1.29, 1.82) is 0 Å². The van der Waals surface area contributed by atoms with E-state index < -0.39 is 9.84 Å². The van der Waals surface area contributed by atoms with Crippen LogP contribution in [-0.2, 0) is 16.3 Å². The van der Waals surface area contributed by atoms with Crippen molar-refractivity contribution in [3.05, 3.63) is 105 Å². The molecular formula is C22H19IO2S. The highest BCUT2D eigenvalue weighted by molar-refractivity contribution is 14.1. The van der Waals surface area contributed by atoms with Gasteiger partial charge in [-0.15, -0.1) is 0 Å². The van der Waals surface area contributed by atoms with Crippen LogP contribution in [0.1, 0.15) is 16.7 Å². The van der Waals surface area contributed by atoms with E-state index in [0.29, 0.717) is 14.2 Å². The smallest absolute Gasteiger partial charge is 0.212 e. The summed E-state index contributed by atoms with van der Waals surface area (Å²) >= 11 is 1.98. The van der Waals surface area contributed by atoms with Gasteiger partial charge in [-0.25, -0.2) is 8.42 Å². The molecule has 0 amide bonds. The summed E-state index contributed by atoms with van der Waals surface area (Å²) in [6.07, 6.45) is 0.564. The van der Waals surface area contributed by atoms with Crippen LogP contribution in [0.5, 0.6) is 0 Å². The maximum atomic E-state index is 13.2. The highest BCUT2D eigenvalue weighted by Gasteiger charge is 2.23. The molecule has 0 saturated heterocycles. The summed E-state index contributed by atoms with van der Waals surface area (Å²) in [4.78, 5) is 0.328. The molecule has 0 unspecified atom stereocenters. The Kier molecular flexibility index (Phi) is 5.94. The fraction of sp³-hybridized carbons (Fsp3) is 0.0909. The van der Waals surface area contributed by atoms with Gasteiger partial charge >= 0.3 is 0 Å². The van der Waals surface area contributed by atoms with Gasteiger partial charge in [0.25, 0.3) is 0 Å². The van der Waals surface area contributed by atoms with Crippen molar-refractivity contribution in [3.8, 4) is 0 Å². The van der Waals surface area contributed by atoms with E-state index >= 15 is 0 Å². The SMILES string of the molecule is Cc1ccc(S(=O)(=O)/C(I)=C(/Cc2ccccc2)c2ccccc2)cc1. The molecule has 0 aromatic heterocycles. The van der Waals surface area contributed by atoms with Crippen molar-refractivity contribution in [2.24, 2.45) is 0 Å². The standard InChI is InChI=1S/C22H19IO2S/c1-17-12-14-20(15-13-17)26(24,25)22(23)21(19-10-6-3-7-11-19)16-18-8-4-2-5-9-18/h2-15H,16H2,1H3/b22-21-. The maximum absolute atomic E-state index is 13.2. The van der Waals surface area contributed by atoms with E-state index in [2.05, 4.69) is 0 Å². The van der Waals surface area contributed by atoms with Crippen molar-refractivity contribution < 1.29 is 8.42 Å². The second-order valence-electron chi connectivity index (χ2n) is 6.10. The number of hydrogen-bond acceptors (Lipinski definition) is 2. The Morgan fingerprint density at radius 2 is 1.35 bits per heavy atom. The van der Waals surface area contributed by atoms with E-state index in [4.69, 9.17) is 0 Å². The lowest BCUT2D eigenvalue weighted by molar-refractivity contribution is 0.604. The third kappa shape index (κ3) is 4.24. The molecule has 0 aliphatic heterocycles. The second kappa shape index (κ2) is 8.18. The topological polar surface area (TPSA) is 34.1 Å². The minimum atomic E-state index is -3.56. The molecule has 2 nitrogen and oxygen atoms in total. The van der Waals surface area contributed by atoms with Crippen LogP contribution < -0.4 is 0 Å². The lowest BCUT2D eigenvalue weighted by Gasteiger charge is -2.13. The van der Waals surface area contributed by atoms with E-state index in [1.807, 2.05) is 102 Å². The Bertz CT molecular complexity index is 1010. The normalized spacial score (nSPS) is 12.5. The lowest BCUT2D eigenvalue weighted by Crippen LogP contribution is -2.05. The number of aryl methyl sites for hydroxylation is 1. The average molecular weight is 474 g/mol. The predicted octanol–water partition coefficient (Wildman–Crippen LogP) is 5.82. The summed E-state index contributed by atoms with van der Waals surface area (Å²) in [7, 11) is -3.56. The molecule has 3 aromatic carbocycles. The molecule has 3 rings (SSSR count). The molecule has 3 aromatic rings. The number of halogens is 1. The molecule has 0 heterocycles. The quantitative estimate of drug-likeness (QED) is 0.437. The first-order valence-electron chi connectivity index (χ1n) is 8.28. The Balaban J connectivity index is 2.13. The van der Waals surface area contributed by atoms with E-state index in [1.54, 1.807) is 12.1 Å². The Morgan fingerprint density at radius 3 is 1.92 bits per heavy atom. The van der Waals surface area contributed by atoms with E-state index in [-0.39, 0.29) is 0 Å². The van der Waals surface area contributed by atoms with Crippen LogP contribution in [0, 0.1) is 6.92 Å². The summed E-state index contributed by atoms with van der Waals surface area (Å²) in [5, 5.41) is 0. The molecule has 0 saturated carbocycles. The average Bonchev–Trinajstić information content (AvgIpc) is 2.67. The predicted molar refractivity (Wildman–Crippen MR) is 116 cm³/mol. The molecule has 0 fully saturated rings. The van der Waals surface area contributed by atoms with Gasteiger partial charge in [-0.05, 0) is 64.8 Å². The van der Waals surface area contributed by atoms with Crippen LogP contribution in [0.2, 0.25) is 0 Å². The van der Waals surface area contributed by atoms with Crippen LogP contribution in [0.3, 0.4) is 0 Å². The van der Waals surface area contributed by atoms with Crippen LogP contribution in [-0.4, -0.2) is 8.42 Å². The summed E-state index contributed by atoms with van der Waals surface area (Å²) in [6, 6.07) is 26.7. The minimum absolute atomic E-state index is 0.328. The van der Waals surface area contributed by atoms with Crippen LogP contribution in [0.4, 0.5) is 0 Å². The summed E-state index contributed by atoms with van der Waals surface area (Å²) in [5.74, 6) is 0. The molecule has 132 valence electrons. The lowest BCUT2D eigenvalue weighted by atomic mass is 10.00. The molecule has 4 heteroatoms. The van der Waals surface area contributed by atoms with E-state index in [9.17, 15) is 8.42 Å². The Labute approximate surface area is 168 Å². The molecule has 26 heavy (non-hydrogen) atoms. The van der Waals surface area contributed by atoms with Gasteiger partial charge in [0, 0.05) is 0 Å². The molecule has 0 bridgehead atoms. The van der Waals surface area contributed by atoms with Crippen LogP contribution in [0.25, 0.3) is 5.57 Å². The fourth-order valence-corrected chi connectivity index (χ4v) is 5.19. The van der Waals surface area contributed by atoms with Gasteiger partial charge in [0.05, 0.1) is 4.90 Å². The summed E-state index contributed by atoms with van der Waals surface area (Å²) < 4.78 is 26.7. The van der Waals surface area contributed by atoms with Gasteiger partial charge < -0.3 is 0 Å². The minimum Gasteiger partial charge on any atom is -0.218 e. The number of benzene rings is 3. The Morgan fingerprint density at radius 1 is 0.808 bits per heavy atom. The molecular weight excluding hydrogens is 455 g/mol. The zero-order valence-corrected chi connectivity index (χ0v) is 17.4. The number of allylic oxidation sites excluding steroid dienone is 1. The monoisotopic (exact) mass is 474 g/mol. The first kappa shape index (κ1) is 18.9. The fourth-order valence-electron chi connectivity index (χ4n) is 2.71. The first-order chi connectivity index (χ1) is 12.5. The van der Waals surface area contributed by atoms with Crippen molar-refractivity contribution in [3.63, 3.8) is 0 Å². The van der Waals surface area contributed by atoms with Crippen molar-refractivity contribution in [2.75, 3.05) is 0 Å². The van der Waals surface area contributed by atoms with Crippen LogP contribution in [0.15, 0.2) is 92.7 Å². The third-order valence-electron chi connectivity index (χ3n) is 4.15. The van der Waals surface area contributed by atoms with Crippen molar-refractivity contribution in [1.82, 2.24) is 0 Å². The molecule has 0 N–H and O–H groups in total. The largest absolute Gasteiger partial charge is 0.218 e. The highest BCUT2D eigenvalue weighted by Crippen LogP contribution is 2.34. The van der Waals surface area contributed by atoms with Crippen LogP contribution >= 0.6 is 22.6 Å². The van der Waals surface area contributed by atoms with Gasteiger partial charge in [0.2, 0.25) is 9.84 Å². The van der Waals surface area contributed by atoms with Gasteiger partial charge in [-0.3, -0.25) is 0 Å². The zero-order valence-electron chi connectivity index (χ0n) is 14.4. The van der Waals surface area contributed by atoms with E-state index in [0.717, 1.165) is 22.3 Å². The second-order valence-corrected chi connectivity index (χ2v) is 9.79. The summed E-state index contributed by atoms with van der Waals surface area (Å²) in [5.41, 5.74) is 3.87. The molecule has 0 radical (unpaired) electrons. The van der Waals surface area contributed by atoms with Crippen molar-refractivity contribution >= 4 is 38.0 Å². The van der Waals surface area contributed by atoms with E-state index in [1.165, 1.54) is 0 Å². The van der Waals surface area contributed by atoms with Gasteiger partial charge in [-0.2, -0.15) is 0 Å². The molecule has 0 aliphatic rings. The molecule has 0 aliphatic carbocycles. The number of rotatable bonds is 5. The molecule has 0 spiro atoms. The Hall–Kier alpha value is -1.92. The number of hydrogen-bond donors (Lipinski definition) is 0. The summed E-state index contributed by atoms with van der Waals surface area (Å²) in [6.45, 7) is 1.95. The zero-order chi connectivity index (χ0) is 18.6. The van der Waals surface area contributed by atoms with Gasteiger partial charge in [-0.1, -0.05) is 78.4 Å². The van der Waals surface area contributed by atoms with Crippen molar-refractivity contribution in [2.45, 2.75) is 18.2 Å². The molecule has 0 atom stereocenters. The highest BCUT2D eigenvalue weighted by atomic mass is 127. The first-order valence-corrected chi connectivity index (χ1v) is 10.8.